The van der Waals surface area contributed by atoms with Gasteiger partial charge in [-0.1, -0.05) is 30.3 Å². The van der Waals surface area contributed by atoms with E-state index in [4.69, 9.17) is 5.84 Å². The van der Waals surface area contributed by atoms with Crippen LogP contribution in [0.5, 0.6) is 0 Å². The van der Waals surface area contributed by atoms with Crippen LogP contribution >= 0.6 is 0 Å². The Balaban J connectivity index is 2.06. The van der Waals surface area contributed by atoms with E-state index in [0.717, 1.165) is 16.5 Å². The van der Waals surface area contributed by atoms with Crippen LogP contribution in [0.4, 0.5) is 0 Å². The minimum atomic E-state index is -0.0195. The maximum absolute atomic E-state index is 5.80. The van der Waals surface area contributed by atoms with E-state index in [-0.39, 0.29) is 6.04 Å². The van der Waals surface area contributed by atoms with Crippen LogP contribution in [0.25, 0.3) is 10.9 Å². The van der Waals surface area contributed by atoms with E-state index in [1.807, 2.05) is 18.3 Å². The molecule has 0 fully saturated rings. The summed E-state index contributed by atoms with van der Waals surface area (Å²) in [7, 11) is 0. The van der Waals surface area contributed by atoms with Crippen LogP contribution in [-0.4, -0.2) is 4.98 Å². The second-order valence-corrected chi connectivity index (χ2v) is 5.40. The van der Waals surface area contributed by atoms with E-state index < -0.39 is 0 Å². The Hall–Kier alpha value is -2.23. The predicted molar refractivity (Wildman–Crippen MR) is 86.8 cm³/mol. The Labute approximate surface area is 124 Å². The fourth-order valence-electron chi connectivity index (χ4n) is 2.60. The van der Waals surface area contributed by atoms with Crippen molar-refractivity contribution in [3.05, 3.63) is 77.0 Å². The number of aromatic nitrogens is 1. The minimum Gasteiger partial charge on any atom is -0.271 e. The molecule has 1 aromatic heterocycles. The summed E-state index contributed by atoms with van der Waals surface area (Å²) in [6.07, 6.45) is 1.81. The molecule has 21 heavy (non-hydrogen) atoms. The summed E-state index contributed by atoms with van der Waals surface area (Å²) in [4.78, 5) is 4.35. The largest absolute Gasteiger partial charge is 0.271 e. The molecule has 0 aliphatic heterocycles. The Morgan fingerprint density at radius 1 is 0.952 bits per heavy atom. The van der Waals surface area contributed by atoms with Gasteiger partial charge in [0, 0.05) is 11.6 Å². The zero-order valence-corrected chi connectivity index (χ0v) is 12.3. The average molecular weight is 277 g/mol. The van der Waals surface area contributed by atoms with Crippen molar-refractivity contribution in [2.45, 2.75) is 19.9 Å². The minimum absolute atomic E-state index is 0.0195. The van der Waals surface area contributed by atoms with Gasteiger partial charge in [-0.2, -0.15) is 0 Å². The quantitative estimate of drug-likeness (QED) is 0.570. The predicted octanol–water partition coefficient (Wildman–Crippen LogP) is 3.40. The number of nitrogens with two attached hydrogens (primary N) is 1. The van der Waals surface area contributed by atoms with Gasteiger partial charge in [-0.15, -0.1) is 0 Å². The molecule has 0 aliphatic rings. The Bertz CT molecular complexity index is 780. The Morgan fingerprint density at radius 2 is 1.71 bits per heavy atom. The summed E-state index contributed by atoms with van der Waals surface area (Å²) in [6, 6.07) is 16.7. The smallest absolute Gasteiger partial charge is 0.0710 e. The van der Waals surface area contributed by atoms with Gasteiger partial charge >= 0.3 is 0 Å². The van der Waals surface area contributed by atoms with Crippen molar-refractivity contribution in [1.29, 1.82) is 0 Å². The number of hydrogen-bond donors (Lipinski definition) is 2. The molecule has 0 saturated heterocycles. The van der Waals surface area contributed by atoms with Crippen molar-refractivity contribution in [3.63, 3.8) is 0 Å². The molecule has 3 N–H and O–H groups in total. The van der Waals surface area contributed by atoms with Crippen LogP contribution in [0, 0.1) is 13.8 Å². The average Bonchev–Trinajstić information content (AvgIpc) is 2.51. The highest BCUT2D eigenvalue weighted by atomic mass is 15.2. The monoisotopic (exact) mass is 277 g/mol. The molecule has 0 bridgehead atoms. The van der Waals surface area contributed by atoms with Crippen LogP contribution in [0.2, 0.25) is 0 Å². The summed E-state index contributed by atoms with van der Waals surface area (Å²) in [5.74, 6) is 5.80. The molecule has 1 atom stereocenters. The number of nitrogens with zero attached hydrogens (tertiary/aromatic N) is 1. The van der Waals surface area contributed by atoms with Gasteiger partial charge < -0.3 is 0 Å². The number of aryl methyl sites for hydroxylation is 2. The number of nitrogens with one attached hydrogen (secondary N) is 1. The van der Waals surface area contributed by atoms with Gasteiger partial charge in [0.05, 0.1) is 11.6 Å². The van der Waals surface area contributed by atoms with Crippen molar-refractivity contribution >= 4 is 10.9 Å². The van der Waals surface area contributed by atoms with Gasteiger partial charge in [-0.3, -0.25) is 10.8 Å². The van der Waals surface area contributed by atoms with Crippen LogP contribution in [-0.2, 0) is 0 Å². The third kappa shape index (κ3) is 2.66. The summed E-state index contributed by atoms with van der Waals surface area (Å²) in [5.41, 5.74) is 8.80. The zero-order valence-electron chi connectivity index (χ0n) is 12.3. The lowest BCUT2D eigenvalue weighted by Crippen LogP contribution is -2.28. The summed E-state index contributed by atoms with van der Waals surface area (Å²) < 4.78 is 0. The lowest BCUT2D eigenvalue weighted by molar-refractivity contribution is 0.637. The van der Waals surface area contributed by atoms with Crippen LogP contribution in [0.3, 0.4) is 0 Å². The second kappa shape index (κ2) is 5.64. The number of fused-ring (bicyclic) bond motifs is 1. The molecule has 0 aliphatic carbocycles. The highest BCUT2D eigenvalue weighted by molar-refractivity contribution is 5.79. The molecule has 0 spiro atoms. The van der Waals surface area contributed by atoms with E-state index in [0.29, 0.717) is 0 Å². The third-order valence-corrected chi connectivity index (χ3v) is 3.99. The first-order valence-corrected chi connectivity index (χ1v) is 7.07. The molecule has 3 nitrogen and oxygen atoms in total. The summed E-state index contributed by atoms with van der Waals surface area (Å²) in [6.45, 7) is 4.24. The second-order valence-electron chi connectivity index (χ2n) is 5.40. The molecule has 1 unspecified atom stereocenters. The topological polar surface area (TPSA) is 50.9 Å². The lowest BCUT2D eigenvalue weighted by Gasteiger charge is -2.18. The standard InChI is InChI=1S/C18H19N3/c1-12-5-6-15(10-13(12)2)18(21-19)16-7-8-17-14(11-16)4-3-9-20-17/h3-11,18,21H,19H2,1-2H3. The van der Waals surface area contributed by atoms with E-state index in [9.17, 15) is 0 Å². The van der Waals surface area contributed by atoms with Crippen molar-refractivity contribution in [1.82, 2.24) is 10.4 Å². The van der Waals surface area contributed by atoms with Crippen LogP contribution in [0.1, 0.15) is 28.3 Å². The maximum atomic E-state index is 5.80. The van der Waals surface area contributed by atoms with Gasteiger partial charge in [0.15, 0.2) is 0 Å². The van der Waals surface area contributed by atoms with Gasteiger partial charge in [-0.05, 0) is 54.3 Å². The number of pyridine rings is 1. The molecule has 3 aromatic rings. The number of rotatable bonds is 3. The van der Waals surface area contributed by atoms with Crippen molar-refractivity contribution < 1.29 is 0 Å². The summed E-state index contributed by atoms with van der Waals surface area (Å²) in [5, 5.41) is 1.12. The zero-order chi connectivity index (χ0) is 14.8. The number of benzene rings is 2. The molecular formula is C18H19N3. The molecule has 0 saturated carbocycles. The van der Waals surface area contributed by atoms with E-state index in [1.165, 1.54) is 16.7 Å². The highest BCUT2D eigenvalue weighted by Gasteiger charge is 2.13. The molecule has 106 valence electrons. The van der Waals surface area contributed by atoms with Gasteiger partial charge in [0.1, 0.15) is 0 Å². The molecule has 2 aromatic carbocycles. The number of hydrazine groups is 1. The third-order valence-electron chi connectivity index (χ3n) is 3.99. The Morgan fingerprint density at radius 3 is 2.48 bits per heavy atom. The molecule has 0 amide bonds. The van der Waals surface area contributed by atoms with E-state index in [1.54, 1.807) is 0 Å². The fraction of sp³-hybridized carbons (Fsp3) is 0.167. The first-order chi connectivity index (χ1) is 10.2. The molecular weight excluding hydrogens is 258 g/mol. The van der Waals surface area contributed by atoms with Crippen molar-refractivity contribution in [2.75, 3.05) is 0 Å². The normalized spacial score (nSPS) is 12.5. The van der Waals surface area contributed by atoms with Crippen molar-refractivity contribution in [3.8, 4) is 0 Å². The number of hydrogen-bond acceptors (Lipinski definition) is 3. The first kappa shape index (κ1) is 13.7. The fourth-order valence-corrected chi connectivity index (χ4v) is 2.60. The molecule has 0 radical (unpaired) electrons. The van der Waals surface area contributed by atoms with E-state index in [2.05, 4.69) is 60.7 Å². The SMILES string of the molecule is Cc1ccc(C(NN)c2ccc3ncccc3c2)cc1C. The molecule has 3 heteroatoms. The lowest BCUT2D eigenvalue weighted by atomic mass is 9.95. The maximum Gasteiger partial charge on any atom is 0.0710 e. The van der Waals surface area contributed by atoms with Crippen LogP contribution in [0.15, 0.2) is 54.7 Å². The van der Waals surface area contributed by atoms with Crippen molar-refractivity contribution in [2.24, 2.45) is 5.84 Å². The highest BCUT2D eigenvalue weighted by Crippen LogP contribution is 2.25. The van der Waals surface area contributed by atoms with Gasteiger partial charge in [-0.25, -0.2) is 5.43 Å². The summed E-state index contributed by atoms with van der Waals surface area (Å²) >= 11 is 0. The first-order valence-electron chi connectivity index (χ1n) is 7.07. The van der Waals surface area contributed by atoms with Gasteiger partial charge in [0.25, 0.3) is 0 Å². The molecule has 1 heterocycles. The van der Waals surface area contributed by atoms with Crippen LogP contribution < -0.4 is 11.3 Å². The Kier molecular flexibility index (Phi) is 3.69. The van der Waals surface area contributed by atoms with Gasteiger partial charge in [0.2, 0.25) is 0 Å². The van der Waals surface area contributed by atoms with E-state index >= 15 is 0 Å². The molecule has 3 rings (SSSR count).